The van der Waals surface area contributed by atoms with Gasteiger partial charge >= 0.3 is 5.97 Å². The van der Waals surface area contributed by atoms with Crippen LogP contribution in [0, 0.1) is 0 Å². The molecule has 0 heterocycles. The Morgan fingerprint density at radius 3 is 2.27 bits per heavy atom. The molecular weight excluding hydrogens is 380 g/mol. The summed E-state index contributed by atoms with van der Waals surface area (Å²) in [6.45, 7) is 5.62. The van der Waals surface area contributed by atoms with E-state index in [1.165, 1.54) is 6.08 Å². The van der Waals surface area contributed by atoms with Gasteiger partial charge in [0.2, 0.25) is 0 Å². The van der Waals surface area contributed by atoms with Crippen LogP contribution in [0.5, 0.6) is 0 Å². The number of carbonyl (C=O) groups excluding carboxylic acids is 1. The zero-order valence-corrected chi connectivity index (χ0v) is 18.5. The molecule has 2 atom stereocenters. The van der Waals surface area contributed by atoms with Crippen LogP contribution in [-0.2, 0) is 9.53 Å². The van der Waals surface area contributed by atoms with Gasteiger partial charge in [-0.1, -0.05) is 67.7 Å². The minimum Gasteiger partial charge on any atom is -0.510 e. The maximum absolute atomic E-state index is 11.4. The number of ether oxygens (including phenoxy) is 1. The van der Waals surface area contributed by atoms with Gasteiger partial charge in [-0.05, 0) is 52.0 Å². The minimum atomic E-state index is -0.941. The summed E-state index contributed by atoms with van der Waals surface area (Å²) in [5, 5.41) is 29.4. The van der Waals surface area contributed by atoms with Gasteiger partial charge in [0.25, 0.3) is 0 Å². The monoisotopic (exact) mass is 418 g/mol. The topological polar surface area (TPSA) is 87.0 Å². The lowest BCUT2D eigenvalue weighted by Gasteiger charge is -2.09. The van der Waals surface area contributed by atoms with E-state index in [9.17, 15) is 20.1 Å². The predicted octanol–water partition coefficient (Wildman–Crippen LogP) is 5.24. The van der Waals surface area contributed by atoms with Crippen molar-refractivity contribution >= 4 is 5.97 Å². The average Bonchev–Trinajstić information content (AvgIpc) is 2.68. The summed E-state index contributed by atoms with van der Waals surface area (Å²) in [5.41, 5.74) is 0. The Bertz CT molecular complexity index is 623. The Kier molecular flexibility index (Phi) is 17.2. The molecule has 0 aromatic carbocycles. The Morgan fingerprint density at radius 1 is 0.933 bits per heavy atom. The molecular formula is C25H38O5. The molecule has 5 heteroatoms. The van der Waals surface area contributed by atoms with Crippen molar-refractivity contribution in [2.75, 3.05) is 0 Å². The fraction of sp³-hybridized carbons (Fsp3) is 0.480. The van der Waals surface area contributed by atoms with Crippen LogP contribution in [0.25, 0.3) is 0 Å². The van der Waals surface area contributed by atoms with Gasteiger partial charge in [0.15, 0.2) is 0 Å². The molecule has 0 aromatic rings. The molecule has 0 saturated carbocycles. The highest BCUT2D eigenvalue weighted by atomic mass is 16.5. The summed E-state index contributed by atoms with van der Waals surface area (Å²) in [4.78, 5) is 11.4. The third-order valence-corrected chi connectivity index (χ3v) is 3.82. The van der Waals surface area contributed by atoms with Gasteiger partial charge in [0.05, 0.1) is 12.2 Å². The van der Waals surface area contributed by atoms with Gasteiger partial charge in [-0.2, -0.15) is 0 Å². The first kappa shape index (κ1) is 27.6. The van der Waals surface area contributed by atoms with Crippen molar-refractivity contribution in [1.29, 1.82) is 0 Å². The Balaban J connectivity index is 4.03. The van der Waals surface area contributed by atoms with Crippen molar-refractivity contribution < 1.29 is 24.9 Å². The predicted molar refractivity (Wildman–Crippen MR) is 123 cm³/mol. The quantitative estimate of drug-likeness (QED) is 0.146. The van der Waals surface area contributed by atoms with E-state index in [4.69, 9.17) is 4.74 Å². The molecule has 0 spiro atoms. The number of esters is 1. The first-order valence-electron chi connectivity index (χ1n) is 10.6. The van der Waals surface area contributed by atoms with E-state index in [0.717, 1.165) is 6.42 Å². The van der Waals surface area contributed by atoms with E-state index in [0.29, 0.717) is 25.7 Å². The number of allylic oxidation sites excluding steroid dienone is 9. The number of aliphatic hydroxyl groups excluding tert-OH is 3. The van der Waals surface area contributed by atoms with Gasteiger partial charge < -0.3 is 20.1 Å². The summed E-state index contributed by atoms with van der Waals surface area (Å²) in [7, 11) is 0. The Labute approximate surface area is 181 Å². The number of rotatable bonds is 15. The fourth-order valence-corrected chi connectivity index (χ4v) is 2.30. The molecule has 3 N–H and O–H groups in total. The summed E-state index contributed by atoms with van der Waals surface area (Å²) in [6, 6.07) is 0. The molecule has 0 aliphatic carbocycles. The second-order valence-corrected chi connectivity index (χ2v) is 7.06. The normalized spacial score (nSPS) is 15.5. The Hall–Kier alpha value is -2.37. The highest BCUT2D eigenvalue weighted by Crippen LogP contribution is 2.09. The van der Waals surface area contributed by atoms with Crippen LogP contribution in [0.2, 0.25) is 0 Å². The number of aliphatic hydroxyl groups is 3. The molecule has 0 aliphatic rings. The van der Waals surface area contributed by atoms with Gasteiger partial charge in [0.1, 0.15) is 11.9 Å². The molecule has 0 saturated heterocycles. The highest BCUT2D eigenvalue weighted by molar-refractivity contribution is 5.69. The van der Waals surface area contributed by atoms with Crippen LogP contribution < -0.4 is 0 Å². The first-order chi connectivity index (χ1) is 14.4. The minimum absolute atomic E-state index is 0.113. The van der Waals surface area contributed by atoms with E-state index >= 15 is 0 Å². The maximum atomic E-state index is 11.4. The van der Waals surface area contributed by atoms with Crippen molar-refractivity contribution in [3.63, 3.8) is 0 Å². The molecule has 168 valence electrons. The summed E-state index contributed by atoms with van der Waals surface area (Å²) >= 11 is 0. The van der Waals surface area contributed by atoms with E-state index in [-0.39, 0.29) is 24.3 Å². The molecule has 0 rings (SSSR count). The van der Waals surface area contributed by atoms with Crippen LogP contribution in [0.3, 0.4) is 0 Å². The maximum Gasteiger partial charge on any atom is 0.306 e. The molecule has 5 nitrogen and oxygen atoms in total. The van der Waals surface area contributed by atoms with Crippen molar-refractivity contribution in [3.05, 3.63) is 72.6 Å². The third-order valence-electron chi connectivity index (χ3n) is 3.82. The Morgan fingerprint density at radius 2 is 1.60 bits per heavy atom. The SMILES string of the molecule is CC/C=C\C[C@@H](O)/C=C/C=C\C=C\C=C\CC[C@H](O)/C(O)=C\CCC(=O)OC(C)C. The van der Waals surface area contributed by atoms with Gasteiger partial charge in [-0.3, -0.25) is 4.79 Å². The van der Waals surface area contributed by atoms with Crippen LogP contribution in [0.15, 0.2) is 72.6 Å². The number of hydrogen-bond donors (Lipinski definition) is 3. The molecule has 0 amide bonds. The van der Waals surface area contributed by atoms with Gasteiger partial charge in [-0.15, -0.1) is 0 Å². The molecule has 0 bridgehead atoms. The molecule has 0 fully saturated rings. The first-order valence-corrected chi connectivity index (χ1v) is 10.6. The highest BCUT2D eigenvalue weighted by Gasteiger charge is 2.09. The molecule has 30 heavy (non-hydrogen) atoms. The molecule has 0 unspecified atom stereocenters. The summed E-state index contributed by atoms with van der Waals surface area (Å²) < 4.78 is 5.00. The summed E-state index contributed by atoms with van der Waals surface area (Å²) in [5.74, 6) is -0.429. The molecule has 0 aromatic heterocycles. The van der Waals surface area contributed by atoms with Gasteiger partial charge in [-0.25, -0.2) is 0 Å². The van der Waals surface area contributed by atoms with Crippen molar-refractivity contribution in [2.45, 2.75) is 77.6 Å². The van der Waals surface area contributed by atoms with Crippen LogP contribution >= 0.6 is 0 Å². The zero-order chi connectivity index (χ0) is 22.6. The second kappa shape index (κ2) is 18.6. The largest absolute Gasteiger partial charge is 0.510 e. The van der Waals surface area contributed by atoms with Crippen LogP contribution in [0.4, 0.5) is 0 Å². The van der Waals surface area contributed by atoms with Crippen LogP contribution in [0.1, 0.15) is 59.3 Å². The van der Waals surface area contributed by atoms with Crippen LogP contribution in [-0.4, -0.2) is 39.6 Å². The van der Waals surface area contributed by atoms with Crippen molar-refractivity contribution in [1.82, 2.24) is 0 Å². The van der Waals surface area contributed by atoms with Crippen molar-refractivity contribution in [2.24, 2.45) is 0 Å². The van der Waals surface area contributed by atoms with E-state index in [1.807, 2.05) is 54.7 Å². The van der Waals surface area contributed by atoms with E-state index in [2.05, 4.69) is 6.92 Å². The second-order valence-electron chi connectivity index (χ2n) is 7.06. The smallest absolute Gasteiger partial charge is 0.306 e. The molecule has 0 radical (unpaired) electrons. The standard InChI is InChI=1S/C25H38O5/c1-4-5-12-16-22(26)17-13-10-8-6-7-9-11-14-18-23(27)24(28)19-15-20-25(29)30-21(2)3/h5-13,17,19,21-23,26-28H,4,14-16,18,20H2,1-3H3/b7-6+,10-8-,11-9+,12-5-,17-13+,24-19+/t22-,23+/m1/s1. The number of carbonyl (C=O) groups is 1. The van der Waals surface area contributed by atoms with Crippen molar-refractivity contribution in [3.8, 4) is 0 Å². The lowest BCUT2D eigenvalue weighted by Crippen LogP contribution is -2.12. The zero-order valence-electron chi connectivity index (χ0n) is 18.5. The number of hydrogen-bond acceptors (Lipinski definition) is 5. The van der Waals surface area contributed by atoms with Gasteiger partial charge in [0, 0.05) is 6.42 Å². The lowest BCUT2D eigenvalue weighted by atomic mass is 10.1. The molecule has 0 aliphatic heterocycles. The average molecular weight is 419 g/mol. The fourth-order valence-electron chi connectivity index (χ4n) is 2.30. The lowest BCUT2D eigenvalue weighted by molar-refractivity contribution is -0.147. The summed E-state index contributed by atoms with van der Waals surface area (Å²) in [6.07, 6.45) is 21.8. The third kappa shape index (κ3) is 17.7. The van der Waals surface area contributed by atoms with E-state index in [1.54, 1.807) is 19.9 Å². The van der Waals surface area contributed by atoms with E-state index < -0.39 is 12.2 Å².